The minimum absolute atomic E-state index is 0.207. The smallest absolute Gasteiger partial charge is 0.277 e. The second-order valence-electron chi connectivity index (χ2n) is 4.31. The van der Waals surface area contributed by atoms with Gasteiger partial charge in [0.25, 0.3) is 5.91 Å². The molecule has 6 heteroatoms. The molecule has 0 saturated heterocycles. The number of halogens is 1. The zero-order chi connectivity index (χ0) is 15.8. The van der Waals surface area contributed by atoms with Crippen molar-refractivity contribution < 1.29 is 18.7 Å². The molecule has 0 unspecified atom stereocenters. The molecule has 0 fully saturated rings. The van der Waals surface area contributed by atoms with Gasteiger partial charge >= 0.3 is 0 Å². The van der Waals surface area contributed by atoms with Crippen LogP contribution >= 0.6 is 0 Å². The van der Waals surface area contributed by atoms with Gasteiger partial charge in [0.1, 0.15) is 17.3 Å². The van der Waals surface area contributed by atoms with Crippen molar-refractivity contribution in [2.24, 2.45) is 5.10 Å². The van der Waals surface area contributed by atoms with Gasteiger partial charge in [0, 0.05) is 0 Å². The number of rotatable bonds is 6. The van der Waals surface area contributed by atoms with Crippen LogP contribution in [0.15, 0.2) is 53.6 Å². The number of methoxy groups -OCH3 is 1. The number of carbonyl (C=O) groups is 1. The Hall–Kier alpha value is -2.89. The molecule has 22 heavy (non-hydrogen) atoms. The van der Waals surface area contributed by atoms with Crippen molar-refractivity contribution in [1.82, 2.24) is 5.43 Å². The Kier molecular flexibility index (Phi) is 5.48. The van der Waals surface area contributed by atoms with Crippen LogP contribution in [0.2, 0.25) is 0 Å². The normalized spacial score (nSPS) is 10.5. The molecule has 2 rings (SSSR count). The number of amides is 1. The van der Waals surface area contributed by atoms with E-state index in [1.807, 2.05) is 18.2 Å². The SMILES string of the molecule is COc1cccc(/C=N\NC(=O)COc2ccc(F)cc2)c1. The molecule has 1 N–H and O–H groups in total. The number of carbonyl (C=O) groups excluding carboxylic acids is 1. The lowest BCUT2D eigenvalue weighted by Crippen LogP contribution is -2.24. The molecule has 0 heterocycles. The Bertz CT molecular complexity index is 657. The van der Waals surface area contributed by atoms with Gasteiger partial charge in [0.15, 0.2) is 6.61 Å². The summed E-state index contributed by atoms with van der Waals surface area (Å²) in [5.41, 5.74) is 3.13. The first-order valence-electron chi connectivity index (χ1n) is 6.52. The highest BCUT2D eigenvalue weighted by Gasteiger charge is 2.01. The highest BCUT2D eigenvalue weighted by atomic mass is 19.1. The number of benzene rings is 2. The maximum absolute atomic E-state index is 12.7. The molecular formula is C16H15FN2O3. The van der Waals surface area contributed by atoms with Crippen LogP contribution in [0.5, 0.6) is 11.5 Å². The van der Waals surface area contributed by atoms with Crippen molar-refractivity contribution in [2.45, 2.75) is 0 Å². The zero-order valence-corrected chi connectivity index (χ0v) is 12.0. The molecule has 0 bridgehead atoms. The summed E-state index contributed by atoms with van der Waals surface area (Å²) < 4.78 is 23.0. The Morgan fingerprint density at radius 3 is 2.73 bits per heavy atom. The van der Waals surface area contributed by atoms with Gasteiger partial charge in [-0.05, 0) is 42.0 Å². The van der Waals surface area contributed by atoms with Crippen LogP contribution in [0.4, 0.5) is 4.39 Å². The molecule has 0 radical (unpaired) electrons. The largest absolute Gasteiger partial charge is 0.497 e. The van der Waals surface area contributed by atoms with Crippen molar-refractivity contribution in [3.05, 3.63) is 59.9 Å². The van der Waals surface area contributed by atoms with Crippen LogP contribution in [-0.2, 0) is 4.79 Å². The monoisotopic (exact) mass is 302 g/mol. The van der Waals surface area contributed by atoms with E-state index in [2.05, 4.69) is 10.5 Å². The molecule has 0 aliphatic rings. The highest BCUT2D eigenvalue weighted by molar-refractivity contribution is 5.83. The van der Waals surface area contributed by atoms with E-state index in [0.717, 1.165) is 5.56 Å². The quantitative estimate of drug-likeness (QED) is 0.658. The number of nitrogens with zero attached hydrogens (tertiary/aromatic N) is 1. The maximum Gasteiger partial charge on any atom is 0.277 e. The standard InChI is InChI=1S/C16H15FN2O3/c1-21-15-4-2-3-12(9-15)10-18-19-16(20)11-22-14-7-5-13(17)6-8-14/h2-10H,11H2,1H3,(H,19,20)/b18-10-. The van der Waals surface area contributed by atoms with Crippen molar-refractivity contribution in [3.63, 3.8) is 0 Å². The average Bonchev–Trinajstić information content (AvgIpc) is 2.54. The summed E-state index contributed by atoms with van der Waals surface area (Å²) in [5.74, 6) is 0.339. The topological polar surface area (TPSA) is 59.9 Å². The molecule has 2 aromatic rings. The van der Waals surface area contributed by atoms with E-state index in [0.29, 0.717) is 11.5 Å². The van der Waals surface area contributed by atoms with Gasteiger partial charge in [0.05, 0.1) is 13.3 Å². The summed E-state index contributed by atoms with van der Waals surface area (Å²) in [5, 5.41) is 3.82. The van der Waals surface area contributed by atoms with Gasteiger partial charge in [-0.15, -0.1) is 0 Å². The predicted molar refractivity (Wildman–Crippen MR) is 80.6 cm³/mol. The van der Waals surface area contributed by atoms with Gasteiger partial charge < -0.3 is 9.47 Å². The summed E-state index contributed by atoms with van der Waals surface area (Å²) in [6.45, 7) is -0.207. The third kappa shape index (κ3) is 4.90. The van der Waals surface area contributed by atoms with Crippen LogP contribution in [0.1, 0.15) is 5.56 Å². The van der Waals surface area contributed by atoms with E-state index in [-0.39, 0.29) is 12.4 Å². The van der Waals surface area contributed by atoms with Gasteiger partial charge in [-0.1, -0.05) is 12.1 Å². The lowest BCUT2D eigenvalue weighted by molar-refractivity contribution is -0.123. The van der Waals surface area contributed by atoms with Crippen LogP contribution in [0.25, 0.3) is 0 Å². The lowest BCUT2D eigenvalue weighted by Gasteiger charge is -2.04. The van der Waals surface area contributed by atoms with Crippen molar-refractivity contribution in [1.29, 1.82) is 0 Å². The fourth-order valence-electron chi connectivity index (χ4n) is 1.61. The Morgan fingerprint density at radius 1 is 1.23 bits per heavy atom. The van der Waals surface area contributed by atoms with E-state index in [1.54, 1.807) is 13.2 Å². The third-order valence-electron chi connectivity index (χ3n) is 2.68. The maximum atomic E-state index is 12.7. The Labute approximate surface area is 127 Å². The zero-order valence-electron chi connectivity index (χ0n) is 12.0. The molecule has 0 aromatic heterocycles. The summed E-state index contributed by atoms with van der Waals surface area (Å²) in [4.78, 5) is 11.5. The second-order valence-corrected chi connectivity index (χ2v) is 4.31. The van der Waals surface area contributed by atoms with E-state index in [9.17, 15) is 9.18 Å². The number of hydrogen-bond donors (Lipinski definition) is 1. The van der Waals surface area contributed by atoms with Crippen LogP contribution in [0, 0.1) is 5.82 Å². The Morgan fingerprint density at radius 2 is 2.00 bits per heavy atom. The van der Waals surface area contributed by atoms with Crippen LogP contribution < -0.4 is 14.9 Å². The number of hydrogen-bond acceptors (Lipinski definition) is 4. The summed E-state index contributed by atoms with van der Waals surface area (Å²) in [6, 6.07) is 12.6. The summed E-state index contributed by atoms with van der Waals surface area (Å²) in [7, 11) is 1.57. The minimum atomic E-state index is -0.413. The molecule has 2 aromatic carbocycles. The Balaban J connectivity index is 1.79. The molecule has 0 aliphatic carbocycles. The number of nitrogens with one attached hydrogen (secondary N) is 1. The highest BCUT2D eigenvalue weighted by Crippen LogP contribution is 2.11. The predicted octanol–water partition coefficient (Wildman–Crippen LogP) is 2.36. The van der Waals surface area contributed by atoms with Crippen LogP contribution in [-0.4, -0.2) is 25.8 Å². The van der Waals surface area contributed by atoms with Gasteiger partial charge in [0.2, 0.25) is 0 Å². The van der Waals surface area contributed by atoms with Crippen LogP contribution in [0.3, 0.4) is 0 Å². The fourth-order valence-corrected chi connectivity index (χ4v) is 1.61. The number of ether oxygens (including phenoxy) is 2. The molecule has 5 nitrogen and oxygen atoms in total. The molecule has 0 saturated carbocycles. The summed E-state index contributed by atoms with van der Waals surface area (Å²) >= 11 is 0. The summed E-state index contributed by atoms with van der Waals surface area (Å²) in [6.07, 6.45) is 1.50. The molecule has 1 amide bonds. The lowest BCUT2D eigenvalue weighted by atomic mass is 10.2. The molecular weight excluding hydrogens is 287 g/mol. The molecule has 0 atom stereocenters. The number of hydrazone groups is 1. The van der Waals surface area contributed by atoms with E-state index in [1.165, 1.54) is 30.5 Å². The van der Waals surface area contributed by atoms with E-state index in [4.69, 9.17) is 9.47 Å². The third-order valence-corrected chi connectivity index (χ3v) is 2.68. The van der Waals surface area contributed by atoms with Gasteiger partial charge in [-0.3, -0.25) is 4.79 Å². The van der Waals surface area contributed by atoms with E-state index >= 15 is 0 Å². The fraction of sp³-hybridized carbons (Fsp3) is 0.125. The first-order chi connectivity index (χ1) is 10.7. The first kappa shape index (κ1) is 15.5. The minimum Gasteiger partial charge on any atom is -0.497 e. The van der Waals surface area contributed by atoms with Crippen molar-refractivity contribution in [3.8, 4) is 11.5 Å². The second kappa shape index (κ2) is 7.78. The van der Waals surface area contributed by atoms with Gasteiger partial charge in [-0.2, -0.15) is 5.10 Å². The molecule has 0 spiro atoms. The first-order valence-corrected chi connectivity index (χ1v) is 6.52. The molecule has 114 valence electrons. The average molecular weight is 302 g/mol. The van der Waals surface area contributed by atoms with Crippen molar-refractivity contribution >= 4 is 12.1 Å². The van der Waals surface area contributed by atoms with Crippen molar-refractivity contribution in [2.75, 3.05) is 13.7 Å². The van der Waals surface area contributed by atoms with E-state index < -0.39 is 5.91 Å². The van der Waals surface area contributed by atoms with Gasteiger partial charge in [-0.25, -0.2) is 9.82 Å². The molecule has 0 aliphatic heterocycles.